The monoisotopic (exact) mass is 2160 g/mol. The number of aliphatic hydroxyl groups is 26. The van der Waals surface area contributed by atoms with Crippen LogP contribution in [0.5, 0.6) is 0 Å². The number of carbonyl (C=O) groups excluding carboxylic acids is 3. The Morgan fingerprint density at radius 1 is 0.427 bits per heavy atom. The molecule has 14 aliphatic rings. The Hall–Kier alpha value is -4.61. The number of hydrogen-bond donors (Lipinski definition) is 26. The summed E-state index contributed by atoms with van der Waals surface area (Å²) in [5.41, 5.74) is -8.73. The summed E-state index contributed by atoms with van der Waals surface area (Å²) in [6.45, 7) is 25.5. The molecule has 9 heterocycles. The lowest BCUT2D eigenvalue weighted by Gasteiger charge is -2.72. The van der Waals surface area contributed by atoms with Crippen LogP contribution >= 0.6 is 0 Å². The Morgan fingerprint density at radius 3 is 1.48 bits per heavy atom. The molecule has 0 aromatic rings. The number of carbonyl (C=O) groups is 3. The molecule has 0 amide bonds. The van der Waals surface area contributed by atoms with Gasteiger partial charge in [0.25, 0.3) is 0 Å². The predicted octanol–water partition coefficient (Wildman–Crippen LogP) is -6.57. The molecule has 0 radical (unpaired) electrons. The maximum atomic E-state index is 16.9. The lowest BCUT2D eigenvalue weighted by Crippen LogP contribution is -2.70. The number of fused-ring (bicyclic) bond motifs is 7. The van der Waals surface area contributed by atoms with Crippen LogP contribution in [0.25, 0.3) is 0 Å². The van der Waals surface area contributed by atoms with Crippen LogP contribution in [0.3, 0.4) is 0 Å². The van der Waals surface area contributed by atoms with Crippen molar-refractivity contribution >= 4 is 17.9 Å². The molecule has 0 spiro atoms. The zero-order chi connectivity index (χ0) is 110. The second-order valence-electron chi connectivity index (χ2n) is 45.7. The van der Waals surface area contributed by atoms with Crippen LogP contribution in [0, 0.1) is 50.2 Å². The Labute approximate surface area is 867 Å². The summed E-state index contributed by atoms with van der Waals surface area (Å²) in [6, 6.07) is 0. The van der Waals surface area contributed by atoms with Crippen molar-refractivity contribution in [1.29, 1.82) is 0 Å². The van der Waals surface area contributed by atoms with Crippen LogP contribution in [0.4, 0.5) is 0 Å². The fourth-order valence-electron chi connectivity index (χ4n) is 25.4. The summed E-state index contributed by atoms with van der Waals surface area (Å²) in [6.07, 6.45) is -67.7. The molecule has 858 valence electrons. The molecule has 13 fully saturated rings. The van der Waals surface area contributed by atoms with Crippen molar-refractivity contribution < 1.29 is 242 Å². The van der Waals surface area contributed by atoms with Crippen molar-refractivity contribution in [3.8, 4) is 0 Å². The number of aliphatic hydroxyl groups excluding tert-OH is 26. The van der Waals surface area contributed by atoms with E-state index in [9.17, 15) is 138 Å². The maximum absolute atomic E-state index is 16.9. The van der Waals surface area contributed by atoms with Gasteiger partial charge >= 0.3 is 17.9 Å². The topological polar surface area (TPSA) is 762 Å². The predicted molar refractivity (Wildman–Crippen MR) is 503 cm³/mol. The molecule has 49 nitrogen and oxygen atoms in total. The molecule has 12 unspecified atom stereocenters. The van der Waals surface area contributed by atoms with E-state index in [-0.39, 0.29) is 61.5 Å². The summed E-state index contributed by atoms with van der Waals surface area (Å²) in [5.74, 6) is -4.70. The zero-order valence-electron chi connectivity index (χ0n) is 86.5. The molecule has 9 aliphatic heterocycles. The fourth-order valence-corrected chi connectivity index (χ4v) is 25.4. The molecular formula is C101H160O49. The van der Waals surface area contributed by atoms with Gasteiger partial charge < -0.3 is 228 Å². The highest BCUT2D eigenvalue weighted by atomic mass is 16.8. The van der Waals surface area contributed by atoms with E-state index >= 15 is 9.59 Å². The SMILES string of the molecule is C=CC(C)(CC/C=C(\C)C(=O)O[C@H]1[C@@H](O)[C@@H](O)[C@H](OC(C)(C=C)CC/C=C(/CO)C(=O)OC2CC3(C(=O)O[C@@H]4O[C@H](CO)[C@@H](O)[C@@H](O)[C@H]4O[C@@H]4O[C@H](C)[C@H](O[C@@H]5O[C@H](CO)[C@@H](O)[C@H]5O)[C@@H](O[C@@H]5O[C@H](CO)[C@@H](O)[C@@H](O)[C@H]5O)[C@H]4O)C(O)CC4(C)C(=CCC5C6(C)CCC(O[C@@H]7O[C@H](CO[C@@H]8OC[C@H](O)[C@@H](O)[C@H]8O[C@@H]8OC[C@@H](O)[C@@H](O)[C@H]8O)[C@@H](O)[C@@H](O)[C@H]7O)C(C)(C)C6CCC54C)C3CC2(C)C)O[C@@H]1C)O[C@@H]1O[C@H](C)[C@@H](O)[C@@H](O)[C@H]1O. The molecule has 0 bridgehead atoms. The van der Waals surface area contributed by atoms with E-state index in [0.29, 0.717) is 37.7 Å². The molecule has 54 atom stereocenters. The molecule has 4 saturated carbocycles. The molecule has 9 saturated heterocycles. The van der Waals surface area contributed by atoms with Crippen LogP contribution in [0.15, 0.2) is 60.3 Å². The van der Waals surface area contributed by atoms with Crippen LogP contribution in [-0.4, -0.2) is 484 Å². The third-order valence-corrected chi connectivity index (χ3v) is 35.3. The summed E-state index contributed by atoms with van der Waals surface area (Å²) >= 11 is 0. The standard InChI is InChI=1S/C101H160O49/c1-16-96(11,149-89-74(125)65(116)58(109)41(4)134-89)26-18-20-40(3)82(128)143-77-42(5)136-90(75(126)69(77)120)150-97(12,17-2)27-19-21-44(33-102)83(129)141-57-32-101(93(130)148-92-81(68(119)62(113)50(35-104)139-92)147-88-76(127)79(145-87-73(124)66(117)61(112)49(34-103)137-87)78(43(6)135-88)144-86-71(122)63(114)51(36-105)138-86)46(30-94(57,7)8)45-22-23-54-98(13)28-25-56(95(9,10)53(98)24-29-99(54,14)100(45,15)31-55(101)108)142-85-72(123)67(118)64(115)52(140-85)39-133-91-80(60(111)48(107)38-132-91)146-84-70(121)59(110)47(106)37-131-84/h16-17,20-22,41-43,46-81,84-92,102-127H,1-2,18-19,23-39H2,3-15H3/b40-20+,44-21-/t41-,42-,43-,46?,47-,48+,49-,50-,51-,52-,53?,54?,55?,56?,57?,58-,59-,60-,61-,62-,63-,64-,65-,66-,67-,68-,69+,70-,71-,72-,73-,74-,75-,76-,77-,78+,79+,80-,81-,84+,85+,86+,87+,88+,89+,90+,91+,92+,96?,97?,98?,99?,100?,101?/m1/s1. The third kappa shape index (κ3) is 23.3. The van der Waals surface area contributed by atoms with E-state index in [0.717, 1.165) is 0 Å². The highest BCUT2D eigenvalue weighted by molar-refractivity contribution is 5.89. The second kappa shape index (κ2) is 47.7. The Morgan fingerprint density at radius 2 is 0.887 bits per heavy atom. The number of hydrogen-bond acceptors (Lipinski definition) is 49. The van der Waals surface area contributed by atoms with Crippen molar-refractivity contribution in [1.82, 2.24) is 0 Å². The molecule has 0 aromatic heterocycles. The number of rotatable bonds is 35. The van der Waals surface area contributed by atoms with E-state index in [1.165, 1.54) is 52.0 Å². The number of esters is 3. The molecule has 49 heteroatoms. The molecule has 26 N–H and O–H groups in total. The number of ether oxygens (including phenoxy) is 20. The summed E-state index contributed by atoms with van der Waals surface area (Å²) in [7, 11) is 0. The average Bonchev–Trinajstić information content (AvgIpc) is 0.670. The Kier molecular flexibility index (Phi) is 38.4. The van der Waals surface area contributed by atoms with Gasteiger partial charge in [0.05, 0.1) is 93.5 Å². The molecular weight excluding hydrogens is 2000 g/mol. The molecule has 5 aliphatic carbocycles. The van der Waals surface area contributed by atoms with Gasteiger partial charge in [-0.2, -0.15) is 0 Å². The first-order valence-corrected chi connectivity index (χ1v) is 51.8. The molecule has 14 rings (SSSR count). The second-order valence-corrected chi connectivity index (χ2v) is 45.7. The Bertz CT molecular complexity index is 4630. The average molecular weight is 2160 g/mol. The van der Waals surface area contributed by atoms with Crippen molar-refractivity contribution in [2.75, 3.05) is 46.2 Å². The van der Waals surface area contributed by atoms with E-state index in [1.807, 2.05) is 20.8 Å². The summed E-state index contributed by atoms with van der Waals surface area (Å²) in [4.78, 5) is 45.7. The highest BCUT2D eigenvalue weighted by Crippen LogP contribution is 2.77. The minimum absolute atomic E-state index is 0.0581. The van der Waals surface area contributed by atoms with Crippen LogP contribution < -0.4 is 0 Å². The van der Waals surface area contributed by atoms with Gasteiger partial charge in [0, 0.05) is 17.4 Å². The lowest BCUT2D eigenvalue weighted by atomic mass is 9.33. The number of allylic oxidation sites excluding steroid dienone is 4. The lowest BCUT2D eigenvalue weighted by molar-refractivity contribution is -0.390. The zero-order valence-corrected chi connectivity index (χ0v) is 86.5. The van der Waals surface area contributed by atoms with Crippen molar-refractivity contribution in [2.45, 2.75) is 455 Å². The van der Waals surface area contributed by atoms with Gasteiger partial charge in [-0.05, 0) is 152 Å². The highest BCUT2D eigenvalue weighted by Gasteiger charge is 2.74. The fraction of sp³-hybridized carbons (Fsp3) is 0.871. The van der Waals surface area contributed by atoms with Crippen LogP contribution in [0.2, 0.25) is 0 Å². The first kappa shape index (κ1) is 121. The van der Waals surface area contributed by atoms with Gasteiger partial charge in [0.2, 0.25) is 6.29 Å². The maximum Gasteiger partial charge on any atom is 0.336 e. The van der Waals surface area contributed by atoms with Gasteiger partial charge in [-0.1, -0.05) is 84.4 Å². The van der Waals surface area contributed by atoms with Gasteiger partial charge in [0.1, 0.15) is 182 Å². The van der Waals surface area contributed by atoms with E-state index < -0.39 is 397 Å². The van der Waals surface area contributed by atoms with E-state index in [2.05, 4.69) is 33.1 Å². The van der Waals surface area contributed by atoms with Crippen LogP contribution in [0.1, 0.15) is 167 Å². The van der Waals surface area contributed by atoms with Gasteiger partial charge in [-0.25, -0.2) is 9.59 Å². The normalized spacial score (nSPS) is 49.2. The van der Waals surface area contributed by atoms with E-state index in [1.54, 1.807) is 27.7 Å². The van der Waals surface area contributed by atoms with Crippen LogP contribution in [-0.2, 0) is 109 Å². The smallest absolute Gasteiger partial charge is 0.336 e. The van der Waals surface area contributed by atoms with Gasteiger partial charge in [-0.3, -0.25) is 4.79 Å². The largest absolute Gasteiger partial charge is 0.458 e. The van der Waals surface area contributed by atoms with Crippen molar-refractivity contribution in [2.24, 2.45) is 50.2 Å². The minimum atomic E-state index is -2.30. The van der Waals surface area contributed by atoms with Crippen molar-refractivity contribution in [3.63, 3.8) is 0 Å². The van der Waals surface area contributed by atoms with E-state index in [4.69, 9.17) is 94.7 Å². The summed E-state index contributed by atoms with van der Waals surface area (Å²) in [5, 5.41) is 290. The molecule has 0 aromatic carbocycles. The van der Waals surface area contributed by atoms with Crippen molar-refractivity contribution in [3.05, 3.63) is 60.3 Å². The minimum Gasteiger partial charge on any atom is -0.458 e. The Balaban J connectivity index is 0.715. The first-order chi connectivity index (χ1) is 70.3. The quantitative estimate of drug-likeness (QED) is 0.00922. The molecule has 150 heavy (non-hydrogen) atoms. The first-order valence-electron chi connectivity index (χ1n) is 51.8. The van der Waals surface area contributed by atoms with Gasteiger partial charge in [0.15, 0.2) is 62.5 Å². The van der Waals surface area contributed by atoms with Gasteiger partial charge in [-0.15, -0.1) is 13.2 Å². The third-order valence-electron chi connectivity index (χ3n) is 35.3. The summed E-state index contributed by atoms with van der Waals surface area (Å²) < 4.78 is 121.